The summed E-state index contributed by atoms with van der Waals surface area (Å²) in [5, 5.41) is 30.5. The Morgan fingerprint density at radius 1 is 0.870 bits per heavy atom. The van der Waals surface area contributed by atoms with Gasteiger partial charge in [0.15, 0.2) is 0 Å². The lowest BCUT2D eigenvalue weighted by Gasteiger charge is -2.25. The Kier molecular flexibility index (Phi) is 16.5. The maximum absolute atomic E-state index is 10.6. The molecule has 2 heterocycles. The normalized spacial score (nSPS) is 13.2. The van der Waals surface area contributed by atoms with Crippen LogP contribution in [0.2, 0.25) is 0 Å². The molecule has 2 aromatic rings. The van der Waals surface area contributed by atoms with Crippen LogP contribution in [-0.2, 0) is 27.5 Å². The van der Waals surface area contributed by atoms with Crippen molar-refractivity contribution in [2.45, 2.75) is 31.6 Å². The van der Waals surface area contributed by atoms with Gasteiger partial charge in [0.25, 0.3) is 0 Å². The minimum atomic E-state index is -5.08. The Morgan fingerprint density at radius 3 is 1.80 bits per heavy atom. The molecule has 0 amide bonds. The average Bonchev–Trinajstić information content (AvgIpc) is 3.10. The largest absolute Gasteiger partial charge is 0.490 e. The molecule has 256 valence electrons. The molecule has 0 saturated carbocycles. The van der Waals surface area contributed by atoms with Gasteiger partial charge >= 0.3 is 36.4 Å². The molecule has 0 unspecified atom stereocenters. The summed E-state index contributed by atoms with van der Waals surface area (Å²) in [6.45, 7) is 5.69. The Morgan fingerprint density at radius 2 is 1.37 bits per heavy atom. The SMILES string of the molecule is CN(C)CCN1CCN(Cc2cccc(C#N)c2)Cc2cccnc21.O=C(O)C(F)(F)F.O=C(O)C(F)(F)F.O=C(O)C(F)(F)F. The third-order valence-corrected chi connectivity index (χ3v) is 5.25. The molecule has 3 rings (SSSR count). The summed E-state index contributed by atoms with van der Waals surface area (Å²) < 4.78 is 95.2. The van der Waals surface area contributed by atoms with Crippen molar-refractivity contribution >= 4 is 23.7 Å². The maximum Gasteiger partial charge on any atom is 0.490 e. The van der Waals surface area contributed by atoms with Gasteiger partial charge in [-0.05, 0) is 37.9 Å². The molecule has 0 aliphatic carbocycles. The molecule has 0 radical (unpaired) electrons. The number of nitrogens with zero attached hydrogens (tertiary/aromatic N) is 5. The van der Waals surface area contributed by atoms with Crippen LogP contribution in [0, 0.1) is 11.3 Å². The van der Waals surface area contributed by atoms with Crippen molar-refractivity contribution in [2.24, 2.45) is 0 Å². The molecule has 1 aliphatic heterocycles. The van der Waals surface area contributed by atoms with E-state index in [1.807, 2.05) is 30.5 Å². The number of halogens is 9. The Hall–Kier alpha value is -4.64. The number of aliphatic carboxylic acids is 3. The molecule has 11 nitrogen and oxygen atoms in total. The number of aromatic nitrogens is 1. The van der Waals surface area contributed by atoms with Crippen LogP contribution in [0.5, 0.6) is 0 Å². The topological polar surface area (TPSA) is 158 Å². The van der Waals surface area contributed by atoms with E-state index in [0.29, 0.717) is 0 Å². The van der Waals surface area contributed by atoms with Gasteiger partial charge in [-0.3, -0.25) is 4.90 Å². The molecule has 3 N–H and O–H groups in total. The number of pyridine rings is 1. The first-order chi connectivity index (χ1) is 21.0. The van der Waals surface area contributed by atoms with E-state index in [1.165, 1.54) is 11.1 Å². The third-order valence-electron chi connectivity index (χ3n) is 5.25. The lowest BCUT2D eigenvalue weighted by Crippen LogP contribution is -2.36. The van der Waals surface area contributed by atoms with Crippen molar-refractivity contribution < 1.29 is 69.2 Å². The molecule has 1 aromatic carbocycles. The number of anilines is 1. The molecular formula is C26H28F9N5O6. The zero-order valence-electron chi connectivity index (χ0n) is 24.0. The predicted molar refractivity (Wildman–Crippen MR) is 141 cm³/mol. The molecule has 1 aromatic heterocycles. The Labute approximate surface area is 255 Å². The monoisotopic (exact) mass is 677 g/mol. The van der Waals surface area contributed by atoms with E-state index in [1.54, 1.807) is 0 Å². The van der Waals surface area contributed by atoms with E-state index < -0.39 is 36.4 Å². The second-order valence-corrected chi connectivity index (χ2v) is 9.21. The number of carbonyl (C=O) groups is 3. The number of benzene rings is 1. The zero-order chi connectivity index (χ0) is 35.9. The van der Waals surface area contributed by atoms with Gasteiger partial charge in [0.1, 0.15) is 5.82 Å². The van der Waals surface area contributed by atoms with Crippen molar-refractivity contribution in [3.05, 3.63) is 59.3 Å². The number of alkyl halides is 9. The fourth-order valence-corrected chi connectivity index (χ4v) is 3.20. The zero-order valence-corrected chi connectivity index (χ0v) is 24.0. The highest BCUT2D eigenvalue weighted by molar-refractivity contribution is 5.73. The van der Waals surface area contributed by atoms with Crippen LogP contribution in [-0.4, -0.2) is 107 Å². The molecule has 46 heavy (non-hydrogen) atoms. The fraction of sp³-hybridized carbons (Fsp3) is 0.423. The number of hydrogen-bond donors (Lipinski definition) is 3. The first-order valence-corrected chi connectivity index (χ1v) is 12.4. The molecule has 1 aliphatic rings. The van der Waals surface area contributed by atoms with Gasteiger partial charge in [0.05, 0.1) is 11.6 Å². The summed E-state index contributed by atoms with van der Waals surface area (Å²) in [5.41, 5.74) is 3.18. The van der Waals surface area contributed by atoms with E-state index >= 15 is 0 Å². The summed E-state index contributed by atoms with van der Waals surface area (Å²) in [6.07, 6.45) is -13.4. The van der Waals surface area contributed by atoms with Gasteiger partial charge in [-0.2, -0.15) is 44.8 Å². The predicted octanol–water partition coefficient (Wildman–Crippen LogP) is 4.24. The number of hydrogen-bond acceptors (Lipinski definition) is 8. The Balaban J connectivity index is 0.000000786. The standard InChI is InChI=1S/C20H25N5.3C2HF3O2/c1-23(2)9-11-25-12-10-24(16-19-7-4-8-22-20(19)25)15-18-6-3-5-17(13-18)14-21;3*3-2(4,5)1(6)7/h3-8,13H,9-12,15-16H2,1-2H3;3*(H,6,7). The minimum absolute atomic E-state index is 0.724. The van der Waals surface area contributed by atoms with E-state index in [2.05, 4.69) is 52.0 Å². The van der Waals surface area contributed by atoms with Gasteiger partial charge in [-0.1, -0.05) is 18.2 Å². The van der Waals surface area contributed by atoms with Crippen LogP contribution in [0.4, 0.5) is 45.3 Å². The molecule has 0 bridgehead atoms. The minimum Gasteiger partial charge on any atom is -0.475 e. The number of carboxylic acids is 3. The summed E-state index contributed by atoms with van der Waals surface area (Å²) in [6, 6.07) is 14.3. The van der Waals surface area contributed by atoms with Crippen LogP contribution in [0.1, 0.15) is 16.7 Å². The average molecular weight is 678 g/mol. The third kappa shape index (κ3) is 17.0. The van der Waals surface area contributed by atoms with Crippen LogP contribution < -0.4 is 4.90 Å². The summed E-state index contributed by atoms with van der Waals surface area (Å²) in [5.74, 6) is -7.16. The highest BCUT2D eigenvalue weighted by Gasteiger charge is 2.39. The van der Waals surface area contributed by atoms with Crippen molar-refractivity contribution in [3.8, 4) is 6.07 Å². The van der Waals surface area contributed by atoms with Crippen LogP contribution >= 0.6 is 0 Å². The molecular weight excluding hydrogens is 649 g/mol. The van der Waals surface area contributed by atoms with Crippen LogP contribution in [0.15, 0.2) is 42.6 Å². The summed E-state index contributed by atoms with van der Waals surface area (Å²) in [4.78, 5) is 38.4. The van der Waals surface area contributed by atoms with Gasteiger partial charge in [-0.15, -0.1) is 0 Å². The first-order valence-electron chi connectivity index (χ1n) is 12.4. The first kappa shape index (κ1) is 41.4. The molecule has 20 heteroatoms. The lowest BCUT2D eigenvalue weighted by molar-refractivity contribution is -0.193. The van der Waals surface area contributed by atoms with Crippen LogP contribution in [0.3, 0.4) is 0 Å². The number of carboxylic acid groups (broad SMARTS) is 3. The van der Waals surface area contributed by atoms with Crippen LogP contribution in [0.25, 0.3) is 0 Å². The summed E-state index contributed by atoms with van der Waals surface area (Å²) >= 11 is 0. The highest BCUT2D eigenvalue weighted by Crippen LogP contribution is 2.23. The van der Waals surface area contributed by atoms with E-state index in [-0.39, 0.29) is 0 Å². The highest BCUT2D eigenvalue weighted by atomic mass is 19.4. The maximum atomic E-state index is 10.6. The van der Waals surface area contributed by atoms with Crippen molar-refractivity contribution in [1.29, 1.82) is 5.26 Å². The van der Waals surface area contributed by atoms with Gasteiger partial charge in [0.2, 0.25) is 0 Å². The van der Waals surface area contributed by atoms with Crippen molar-refractivity contribution in [3.63, 3.8) is 0 Å². The van der Waals surface area contributed by atoms with Crippen molar-refractivity contribution in [1.82, 2.24) is 14.8 Å². The number of fused-ring (bicyclic) bond motifs is 1. The summed E-state index contributed by atoms with van der Waals surface area (Å²) in [7, 11) is 4.21. The smallest absolute Gasteiger partial charge is 0.475 e. The van der Waals surface area contributed by atoms with Gasteiger partial charge in [-0.25, -0.2) is 19.4 Å². The van der Waals surface area contributed by atoms with Gasteiger partial charge in [0, 0.05) is 51.0 Å². The lowest BCUT2D eigenvalue weighted by atomic mass is 10.1. The molecule has 0 saturated heterocycles. The second-order valence-electron chi connectivity index (χ2n) is 9.21. The number of nitriles is 1. The van der Waals surface area contributed by atoms with Crippen molar-refractivity contribution in [2.75, 3.05) is 45.2 Å². The number of rotatable bonds is 5. The quantitative estimate of drug-likeness (QED) is 0.389. The molecule has 0 atom stereocenters. The van der Waals surface area contributed by atoms with E-state index in [4.69, 9.17) is 35.0 Å². The fourth-order valence-electron chi connectivity index (χ4n) is 3.20. The molecule has 0 spiro atoms. The number of likely N-dealkylation sites (N-methyl/N-ethyl adjacent to an activating group) is 1. The molecule has 0 fully saturated rings. The van der Waals surface area contributed by atoms with Gasteiger partial charge < -0.3 is 25.1 Å². The Bertz CT molecular complexity index is 1270. The van der Waals surface area contributed by atoms with E-state index in [9.17, 15) is 39.5 Å². The second kappa shape index (κ2) is 18.4. The van der Waals surface area contributed by atoms with E-state index in [0.717, 1.165) is 50.6 Å².